The Kier molecular flexibility index (Phi) is 2.83. The maximum absolute atomic E-state index is 6.16. The summed E-state index contributed by atoms with van der Waals surface area (Å²) < 4.78 is 14.5. The monoisotopic (exact) mass is 271 g/mol. The number of fused-ring (bicyclic) bond motifs is 1. The van der Waals surface area contributed by atoms with Gasteiger partial charge < -0.3 is 13.9 Å². The van der Waals surface area contributed by atoms with E-state index in [9.17, 15) is 0 Å². The van der Waals surface area contributed by atoms with Gasteiger partial charge in [-0.25, -0.2) is 0 Å². The van der Waals surface area contributed by atoms with Gasteiger partial charge in [0, 0.05) is 12.6 Å². The Morgan fingerprint density at radius 3 is 2.20 bits per heavy atom. The molecule has 1 aliphatic rings. The summed E-state index contributed by atoms with van der Waals surface area (Å²) in [6, 6.07) is 8.53. The summed E-state index contributed by atoms with van der Waals surface area (Å²) in [4.78, 5) is 0. The van der Waals surface area contributed by atoms with E-state index in [0.717, 1.165) is 5.59 Å². The molecule has 0 radical (unpaired) electrons. The summed E-state index contributed by atoms with van der Waals surface area (Å²) in [7, 11) is 1.77. The van der Waals surface area contributed by atoms with Crippen molar-refractivity contribution in [1.29, 1.82) is 0 Å². The van der Waals surface area contributed by atoms with Gasteiger partial charge in [0.15, 0.2) is 0 Å². The number of aryl methyl sites for hydroxylation is 2. The van der Waals surface area contributed by atoms with Crippen molar-refractivity contribution in [2.45, 2.75) is 45.8 Å². The Morgan fingerprint density at radius 1 is 1.05 bits per heavy atom. The van der Waals surface area contributed by atoms with Crippen LogP contribution in [0.25, 0.3) is 10.9 Å². The van der Waals surface area contributed by atoms with E-state index in [1.165, 1.54) is 16.5 Å². The molecule has 4 heteroatoms. The molecule has 0 bridgehead atoms. The van der Waals surface area contributed by atoms with Crippen molar-refractivity contribution in [3.8, 4) is 0 Å². The van der Waals surface area contributed by atoms with Crippen LogP contribution in [0.15, 0.2) is 24.3 Å². The Bertz CT molecular complexity index is 656. The number of para-hydroxylation sites is 1. The summed E-state index contributed by atoms with van der Waals surface area (Å²) in [5.74, 6) is 0. The topological polar surface area (TPSA) is 23.4 Å². The summed E-state index contributed by atoms with van der Waals surface area (Å²) in [6.45, 7) is 10.5. The van der Waals surface area contributed by atoms with Gasteiger partial charge in [0.1, 0.15) is 0 Å². The van der Waals surface area contributed by atoms with Crippen molar-refractivity contribution < 1.29 is 9.31 Å². The number of aromatic nitrogens is 1. The SMILES string of the molecule is Cc1cccc2cc(B3OC(C)(C)C(C)(C)O3)n(C)c12. The van der Waals surface area contributed by atoms with E-state index in [1.807, 2.05) is 0 Å². The third-order valence-corrected chi connectivity index (χ3v) is 4.79. The average Bonchev–Trinajstić information content (AvgIpc) is 2.76. The minimum Gasteiger partial charge on any atom is -0.398 e. The zero-order valence-electron chi connectivity index (χ0n) is 13.2. The van der Waals surface area contributed by atoms with Crippen LogP contribution in [0.1, 0.15) is 33.3 Å². The summed E-state index contributed by atoms with van der Waals surface area (Å²) in [5, 5.41) is 1.23. The molecule has 106 valence electrons. The van der Waals surface area contributed by atoms with Crippen LogP contribution < -0.4 is 5.59 Å². The van der Waals surface area contributed by atoms with E-state index in [4.69, 9.17) is 9.31 Å². The van der Waals surface area contributed by atoms with Gasteiger partial charge in [0.05, 0.1) is 16.7 Å². The minimum absolute atomic E-state index is 0.302. The summed E-state index contributed by atoms with van der Waals surface area (Å²) >= 11 is 0. The smallest absolute Gasteiger partial charge is 0.398 e. The summed E-state index contributed by atoms with van der Waals surface area (Å²) in [5.41, 5.74) is 2.99. The van der Waals surface area contributed by atoms with Crippen LogP contribution in [-0.4, -0.2) is 22.9 Å². The van der Waals surface area contributed by atoms with Crippen molar-refractivity contribution in [3.05, 3.63) is 29.8 Å². The highest BCUT2D eigenvalue weighted by Crippen LogP contribution is 2.36. The van der Waals surface area contributed by atoms with E-state index in [2.05, 4.69) is 70.5 Å². The molecule has 0 unspecified atom stereocenters. The number of hydrogen-bond donors (Lipinski definition) is 0. The first kappa shape index (κ1) is 13.7. The molecule has 0 spiro atoms. The molecule has 2 heterocycles. The van der Waals surface area contributed by atoms with Crippen LogP contribution in [-0.2, 0) is 16.4 Å². The highest BCUT2D eigenvalue weighted by Gasteiger charge is 2.52. The van der Waals surface area contributed by atoms with Gasteiger partial charge in [-0.1, -0.05) is 18.2 Å². The molecule has 0 N–H and O–H groups in total. The van der Waals surface area contributed by atoms with Crippen LogP contribution >= 0.6 is 0 Å². The fraction of sp³-hybridized carbons (Fsp3) is 0.500. The Labute approximate surface area is 121 Å². The van der Waals surface area contributed by atoms with Gasteiger partial charge in [0.2, 0.25) is 0 Å². The molecular weight excluding hydrogens is 249 g/mol. The molecule has 1 aromatic carbocycles. The van der Waals surface area contributed by atoms with Gasteiger partial charge in [-0.15, -0.1) is 0 Å². The molecule has 0 amide bonds. The first-order valence-electron chi connectivity index (χ1n) is 7.13. The van der Waals surface area contributed by atoms with Crippen molar-refractivity contribution in [1.82, 2.24) is 4.57 Å². The molecule has 1 aromatic heterocycles. The molecule has 1 aliphatic heterocycles. The Hall–Kier alpha value is -1.26. The van der Waals surface area contributed by atoms with E-state index < -0.39 is 0 Å². The molecule has 1 fully saturated rings. The first-order chi connectivity index (χ1) is 9.23. The third kappa shape index (κ3) is 1.82. The second kappa shape index (κ2) is 4.12. The molecule has 20 heavy (non-hydrogen) atoms. The molecule has 0 saturated carbocycles. The van der Waals surface area contributed by atoms with E-state index in [0.29, 0.717) is 0 Å². The van der Waals surface area contributed by atoms with Crippen LogP contribution in [0.5, 0.6) is 0 Å². The highest BCUT2D eigenvalue weighted by atomic mass is 16.7. The maximum Gasteiger partial charge on any atom is 0.512 e. The molecule has 2 aromatic rings. The van der Waals surface area contributed by atoms with Gasteiger partial charge in [-0.2, -0.15) is 0 Å². The quantitative estimate of drug-likeness (QED) is 0.744. The molecule has 3 nitrogen and oxygen atoms in total. The lowest BCUT2D eigenvalue weighted by atomic mass is 9.84. The van der Waals surface area contributed by atoms with Crippen LogP contribution in [0, 0.1) is 6.92 Å². The third-order valence-electron chi connectivity index (χ3n) is 4.79. The van der Waals surface area contributed by atoms with Crippen LogP contribution in [0.3, 0.4) is 0 Å². The lowest BCUT2D eigenvalue weighted by molar-refractivity contribution is 0.00578. The molecule has 0 aliphatic carbocycles. The lowest BCUT2D eigenvalue weighted by Crippen LogP contribution is -2.41. The normalized spacial score (nSPS) is 20.8. The predicted octanol–water partition coefficient (Wildman–Crippen LogP) is 2.79. The van der Waals surface area contributed by atoms with E-state index in [1.54, 1.807) is 0 Å². The zero-order valence-corrected chi connectivity index (χ0v) is 13.2. The molecule has 1 saturated heterocycles. The molecule has 3 rings (SSSR count). The number of benzene rings is 1. The number of nitrogens with zero attached hydrogens (tertiary/aromatic N) is 1. The second-order valence-corrected chi connectivity index (χ2v) is 6.73. The van der Waals surface area contributed by atoms with Crippen molar-refractivity contribution in [3.63, 3.8) is 0 Å². The second-order valence-electron chi connectivity index (χ2n) is 6.73. The highest BCUT2D eigenvalue weighted by molar-refractivity contribution is 6.61. The van der Waals surface area contributed by atoms with E-state index in [-0.39, 0.29) is 18.3 Å². The van der Waals surface area contributed by atoms with Crippen LogP contribution in [0.2, 0.25) is 0 Å². The van der Waals surface area contributed by atoms with Crippen LogP contribution in [0.4, 0.5) is 0 Å². The standard InChI is InChI=1S/C16H22BNO2/c1-11-8-7-9-12-10-13(18(6)14(11)12)17-19-15(2,3)16(4,5)20-17/h7-10H,1-6H3. The van der Waals surface area contributed by atoms with E-state index >= 15 is 0 Å². The summed E-state index contributed by atoms with van der Waals surface area (Å²) in [6.07, 6.45) is 0. The first-order valence-corrected chi connectivity index (χ1v) is 7.13. The van der Waals surface area contributed by atoms with Gasteiger partial charge in [-0.05, 0) is 51.6 Å². The van der Waals surface area contributed by atoms with Gasteiger partial charge >= 0.3 is 7.12 Å². The fourth-order valence-corrected chi connectivity index (χ4v) is 2.83. The predicted molar refractivity (Wildman–Crippen MR) is 83.4 cm³/mol. The minimum atomic E-state index is -0.309. The average molecular weight is 271 g/mol. The number of rotatable bonds is 1. The molecular formula is C16H22BNO2. The number of hydrogen-bond acceptors (Lipinski definition) is 2. The maximum atomic E-state index is 6.16. The van der Waals surface area contributed by atoms with Crippen molar-refractivity contribution in [2.24, 2.45) is 7.05 Å². The van der Waals surface area contributed by atoms with Gasteiger partial charge in [0.25, 0.3) is 0 Å². The fourth-order valence-electron chi connectivity index (χ4n) is 2.83. The Balaban J connectivity index is 2.09. The van der Waals surface area contributed by atoms with Crippen molar-refractivity contribution in [2.75, 3.05) is 0 Å². The largest absolute Gasteiger partial charge is 0.512 e. The Morgan fingerprint density at radius 2 is 1.65 bits per heavy atom. The zero-order chi connectivity index (χ0) is 14.7. The molecule has 0 atom stereocenters. The van der Waals surface area contributed by atoms with Gasteiger partial charge in [-0.3, -0.25) is 0 Å². The lowest BCUT2D eigenvalue weighted by Gasteiger charge is -2.32. The van der Waals surface area contributed by atoms with Crippen molar-refractivity contribution >= 4 is 23.6 Å².